The van der Waals surface area contributed by atoms with Crippen LogP contribution in [0.4, 0.5) is 13.2 Å². The summed E-state index contributed by atoms with van der Waals surface area (Å²) in [7, 11) is 1.35. The van der Waals surface area contributed by atoms with E-state index >= 15 is 0 Å². The summed E-state index contributed by atoms with van der Waals surface area (Å²) in [5.74, 6) is 0.202. The number of hydrogen-bond donors (Lipinski definition) is 1. The minimum Gasteiger partial charge on any atom is -0.496 e. The van der Waals surface area contributed by atoms with Gasteiger partial charge in [0.05, 0.1) is 12.7 Å². The van der Waals surface area contributed by atoms with Crippen LogP contribution < -0.4 is 10.5 Å². The standard InChI is InChI=1S/C13H18F3NO/c1-3-4-5-11(17)10-7-6-9(13(14,15)16)8-12(10)18-2/h6-8,11H,3-5,17H2,1-2H3/t11-/m0/s1. The lowest BCUT2D eigenvalue weighted by atomic mass is 9.99. The van der Waals surface area contributed by atoms with Crippen molar-refractivity contribution >= 4 is 0 Å². The predicted octanol–water partition coefficient (Wildman–Crippen LogP) is 3.90. The Kier molecular flexibility index (Phi) is 5.02. The highest BCUT2D eigenvalue weighted by Crippen LogP contribution is 2.35. The Morgan fingerprint density at radius 2 is 2.00 bits per heavy atom. The van der Waals surface area contributed by atoms with Gasteiger partial charge in [-0.2, -0.15) is 13.2 Å². The molecular weight excluding hydrogens is 243 g/mol. The minimum absolute atomic E-state index is 0.202. The molecule has 2 nitrogen and oxygen atoms in total. The first-order valence-electron chi connectivity index (χ1n) is 5.90. The minimum atomic E-state index is -4.36. The molecule has 0 unspecified atom stereocenters. The Balaban J connectivity index is 3.00. The van der Waals surface area contributed by atoms with Crippen molar-refractivity contribution in [1.82, 2.24) is 0 Å². The maximum absolute atomic E-state index is 12.6. The summed E-state index contributed by atoms with van der Waals surface area (Å²) in [4.78, 5) is 0. The Morgan fingerprint density at radius 1 is 1.33 bits per heavy atom. The molecule has 1 rings (SSSR count). The van der Waals surface area contributed by atoms with Gasteiger partial charge in [0.15, 0.2) is 0 Å². The molecule has 1 aromatic rings. The molecule has 0 amide bonds. The van der Waals surface area contributed by atoms with Crippen molar-refractivity contribution < 1.29 is 17.9 Å². The molecule has 2 N–H and O–H groups in total. The van der Waals surface area contributed by atoms with Crippen molar-refractivity contribution in [3.63, 3.8) is 0 Å². The molecule has 0 aliphatic heterocycles. The van der Waals surface area contributed by atoms with Gasteiger partial charge in [-0.15, -0.1) is 0 Å². The zero-order valence-electron chi connectivity index (χ0n) is 10.6. The van der Waals surface area contributed by atoms with Crippen LogP contribution in [0.2, 0.25) is 0 Å². The first-order chi connectivity index (χ1) is 8.40. The summed E-state index contributed by atoms with van der Waals surface area (Å²) in [5, 5.41) is 0. The number of benzene rings is 1. The quantitative estimate of drug-likeness (QED) is 0.872. The van der Waals surface area contributed by atoms with Crippen LogP contribution in [0.5, 0.6) is 5.75 Å². The Labute approximate surface area is 105 Å². The van der Waals surface area contributed by atoms with E-state index in [1.165, 1.54) is 13.2 Å². The molecule has 102 valence electrons. The Morgan fingerprint density at radius 3 is 2.50 bits per heavy atom. The molecule has 0 aliphatic carbocycles. The normalized spacial score (nSPS) is 13.4. The van der Waals surface area contributed by atoms with Crippen LogP contribution in [0.15, 0.2) is 18.2 Å². The van der Waals surface area contributed by atoms with E-state index in [0.717, 1.165) is 31.4 Å². The second kappa shape index (κ2) is 6.09. The van der Waals surface area contributed by atoms with Crippen LogP contribution >= 0.6 is 0 Å². The molecule has 1 aromatic carbocycles. The summed E-state index contributed by atoms with van der Waals surface area (Å²) in [6, 6.07) is 3.16. The third kappa shape index (κ3) is 3.63. The molecule has 0 saturated carbocycles. The smallest absolute Gasteiger partial charge is 0.416 e. The van der Waals surface area contributed by atoms with Crippen LogP contribution in [-0.4, -0.2) is 7.11 Å². The second-order valence-electron chi connectivity index (χ2n) is 4.20. The average Bonchev–Trinajstić information content (AvgIpc) is 2.34. The molecule has 18 heavy (non-hydrogen) atoms. The lowest BCUT2D eigenvalue weighted by molar-refractivity contribution is -0.137. The van der Waals surface area contributed by atoms with Crippen LogP contribution in [-0.2, 0) is 6.18 Å². The van der Waals surface area contributed by atoms with Gasteiger partial charge >= 0.3 is 6.18 Å². The van der Waals surface area contributed by atoms with Gasteiger partial charge in [-0.1, -0.05) is 25.8 Å². The maximum atomic E-state index is 12.6. The number of unbranched alkanes of at least 4 members (excludes halogenated alkanes) is 1. The van der Waals surface area contributed by atoms with Crippen molar-refractivity contribution in [2.75, 3.05) is 7.11 Å². The molecule has 0 spiro atoms. The van der Waals surface area contributed by atoms with E-state index in [2.05, 4.69) is 0 Å². The summed E-state index contributed by atoms with van der Waals surface area (Å²) >= 11 is 0. The van der Waals surface area contributed by atoms with Crippen LogP contribution in [0, 0.1) is 0 Å². The molecule has 1 atom stereocenters. The highest BCUT2D eigenvalue weighted by atomic mass is 19.4. The van der Waals surface area contributed by atoms with Gasteiger partial charge in [0.25, 0.3) is 0 Å². The van der Waals surface area contributed by atoms with Gasteiger partial charge < -0.3 is 10.5 Å². The molecule has 0 aliphatic rings. The maximum Gasteiger partial charge on any atom is 0.416 e. The third-order valence-corrected chi connectivity index (χ3v) is 2.83. The van der Waals surface area contributed by atoms with Crippen molar-refractivity contribution in [2.45, 2.75) is 38.4 Å². The fraction of sp³-hybridized carbons (Fsp3) is 0.538. The molecule has 0 radical (unpaired) electrons. The van der Waals surface area contributed by atoms with Crippen LogP contribution in [0.25, 0.3) is 0 Å². The van der Waals surface area contributed by atoms with Crippen molar-refractivity contribution in [2.24, 2.45) is 5.73 Å². The van der Waals surface area contributed by atoms with Crippen molar-refractivity contribution in [1.29, 1.82) is 0 Å². The molecule has 0 saturated heterocycles. The number of alkyl halides is 3. The van der Waals surface area contributed by atoms with Crippen molar-refractivity contribution in [3.05, 3.63) is 29.3 Å². The highest BCUT2D eigenvalue weighted by Gasteiger charge is 2.31. The largest absolute Gasteiger partial charge is 0.496 e. The first kappa shape index (κ1) is 14.8. The summed E-state index contributed by atoms with van der Waals surface area (Å²) < 4.78 is 42.7. The van der Waals surface area contributed by atoms with E-state index in [0.29, 0.717) is 5.56 Å². The third-order valence-electron chi connectivity index (χ3n) is 2.83. The summed E-state index contributed by atoms with van der Waals surface area (Å²) in [6.07, 6.45) is -1.69. The van der Waals surface area contributed by atoms with Gasteiger partial charge in [-0.25, -0.2) is 0 Å². The first-order valence-corrected chi connectivity index (χ1v) is 5.90. The molecule has 0 heterocycles. The fourth-order valence-corrected chi connectivity index (χ4v) is 1.77. The number of methoxy groups -OCH3 is 1. The van der Waals surface area contributed by atoms with Gasteiger partial charge in [0.1, 0.15) is 5.75 Å². The molecule has 0 bridgehead atoms. The summed E-state index contributed by atoms with van der Waals surface area (Å²) in [5.41, 5.74) is 5.86. The Bertz CT molecular complexity index is 390. The van der Waals surface area contributed by atoms with E-state index in [-0.39, 0.29) is 11.8 Å². The zero-order chi connectivity index (χ0) is 13.8. The van der Waals surface area contributed by atoms with Crippen molar-refractivity contribution in [3.8, 4) is 5.75 Å². The van der Waals surface area contributed by atoms with Crippen LogP contribution in [0.1, 0.15) is 43.4 Å². The van der Waals surface area contributed by atoms with E-state index in [1.807, 2.05) is 6.92 Å². The number of halogens is 3. The Hall–Kier alpha value is -1.23. The molecular formula is C13H18F3NO. The highest BCUT2D eigenvalue weighted by molar-refractivity contribution is 5.40. The van der Waals surface area contributed by atoms with Gasteiger partial charge in [0.2, 0.25) is 0 Å². The molecule has 5 heteroatoms. The number of rotatable bonds is 5. The SMILES string of the molecule is CCCC[C@H](N)c1ccc(C(F)(F)F)cc1OC. The second-order valence-corrected chi connectivity index (χ2v) is 4.20. The number of ether oxygens (including phenoxy) is 1. The van der Waals surface area contributed by atoms with E-state index < -0.39 is 11.7 Å². The number of nitrogens with two attached hydrogens (primary N) is 1. The average molecular weight is 261 g/mol. The van der Waals surface area contributed by atoms with Gasteiger partial charge in [-0.3, -0.25) is 0 Å². The zero-order valence-corrected chi connectivity index (χ0v) is 10.6. The van der Waals surface area contributed by atoms with Crippen LogP contribution in [0.3, 0.4) is 0 Å². The van der Waals surface area contributed by atoms with Gasteiger partial charge in [0, 0.05) is 11.6 Å². The van der Waals surface area contributed by atoms with E-state index in [1.54, 1.807) is 0 Å². The number of hydrogen-bond acceptors (Lipinski definition) is 2. The predicted molar refractivity (Wildman–Crippen MR) is 64.4 cm³/mol. The van der Waals surface area contributed by atoms with E-state index in [9.17, 15) is 13.2 Å². The fourth-order valence-electron chi connectivity index (χ4n) is 1.77. The lowest BCUT2D eigenvalue weighted by Gasteiger charge is -2.17. The lowest BCUT2D eigenvalue weighted by Crippen LogP contribution is -2.13. The monoisotopic (exact) mass is 261 g/mol. The molecule has 0 fully saturated rings. The van der Waals surface area contributed by atoms with Gasteiger partial charge in [-0.05, 0) is 18.6 Å². The topological polar surface area (TPSA) is 35.2 Å². The van der Waals surface area contributed by atoms with E-state index in [4.69, 9.17) is 10.5 Å². The summed E-state index contributed by atoms with van der Waals surface area (Å²) in [6.45, 7) is 2.04. The molecule has 0 aromatic heterocycles.